The largest absolute Gasteiger partial charge is 0.302 e. The molecule has 0 amide bonds. The van der Waals surface area contributed by atoms with Crippen LogP contribution >= 0.6 is 0 Å². The van der Waals surface area contributed by atoms with Crippen molar-refractivity contribution < 1.29 is 4.39 Å². The third-order valence-corrected chi connectivity index (χ3v) is 3.70. The van der Waals surface area contributed by atoms with Gasteiger partial charge in [0, 0.05) is 12.1 Å². The van der Waals surface area contributed by atoms with Crippen molar-refractivity contribution in [1.29, 1.82) is 0 Å². The number of rotatable bonds is 5. The van der Waals surface area contributed by atoms with Crippen molar-refractivity contribution in [1.82, 2.24) is 5.32 Å². The summed E-state index contributed by atoms with van der Waals surface area (Å²) in [6.07, 6.45) is 0. The summed E-state index contributed by atoms with van der Waals surface area (Å²) in [7, 11) is 0. The predicted octanol–water partition coefficient (Wildman–Crippen LogP) is 4.70. The molecule has 3 rings (SSSR count). The minimum absolute atomic E-state index is 0.164. The van der Waals surface area contributed by atoms with Gasteiger partial charge in [0.2, 0.25) is 0 Å². The van der Waals surface area contributed by atoms with Gasteiger partial charge < -0.3 is 5.32 Å². The third-order valence-electron chi connectivity index (χ3n) is 3.70. The molecule has 0 heterocycles. The van der Waals surface area contributed by atoms with E-state index >= 15 is 0 Å². The zero-order chi connectivity index (χ0) is 15.2. The van der Waals surface area contributed by atoms with Gasteiger partial charge >= 0.3 is 0 Å². The van der Waals surface area contributed by atoms with Gasteiger partial charge in [-0.05, 0) is 17.2 Å². The van der Waals surface area contributed by atoms with Crippen LogP contribution in [0.25, 0.3) is 0 Å². The maximum absolute atomic E-state index is 14.2. The molecule has 22 heavy (non-hydrogen) atoms. The van der Waals surface area contributed by atoms with E-state index in [2.05, 4.69) is 17.4 Å². The highest BCUT2D eigenvalue weighted by Gasteiger charge is 2.16. The first kappa shape index (κ1) is 14.5. The van der Waals surface area contributed by atoms with E-state index in [4.69, 9.17) is 0 Å². The van der Waals surface area contributed by atoms with E-state index in [-0.39, 0.29) is 11.9 Å². The minimum atomic E-state index is -0.183. The molecule has 1 N–H and O–H groups in total. The molecule has 0 radical (unpaired) electrons. The average molecular weight is 291 g/mol. The Kier molecular flexibility index (Phi) is 4.62. The summed E-state index contributed by atoms with van der Waals surface area (Å²) in [4.78, 5) is 0. The summed E-state index contributed by atoms with van der Waals surface area (Å²) in [5.41, 5.74) is 2.91. The normalized spacial score (nSPS) is 12.0. The molecule has 0 aromatic heterocycles. The minimum Gasteiger partial charge on any atom is -0.302 e. The Bertz CT molecular complexity index is 710. The lowest BCUT2D eigenvalue weighted by atomic mass is 9.98. The maximum atomic E-state index is 14.2. The third kappa shape index (κ3) is 3.41. The van der Waals surface area contributed by atoms with Gasteiger partial charge in [-0.15, -0.1) is 0 Å². The van der Waals surface area contributed by atoms with E-state index in [1.807, 2.05) is 60.7 Å². The first-order valence-electron chi connectivity index (χ1n) is 7.41. The van der Waals surface area contributed by atoms with E-state index in [1.165, 1.54) is 11.6 Å². The van der Waals surface area contributed by atoms with Crippen LogP contribution < -0.4 is 5.32 Å². The molecule has 0 aliphatic carbocycles. The molecule has 0 bridgehead atoms. The Morgan fingerprint density at radius 3 is 2.00 bits per heavy atom. The fourth-order valence-electron chi connectivity index (χ4n) is 2.58. The molecule has 2 heteroatoms. The van der Waals surface area contributed by atoms with Crippen LogP contribution in [0.4, 0.5) is 4.39 Å². The lowest BCUT2D eigenvalue weighted by Crippen LogP contribution is -2.23. The molecule has 0 aliphatic heterocycles. The number of halogens is 1. The molecule has 3 aromatic carbocycles. The number of hydrogen-bond donors (Lipinski definition) is 1. The van der Waals surface area contributed by atoms with Crippen LogP contribution in [-0.4, -0.2) is 0 Å². The van der Waals surface area contributed by atoms with Gasteiger partial charge in [0.25, 0.3) is 0 Å². The molecule has 110 valence electrons. The maximum Gasteiger partial charge on any atom is 0.128 e. The Labute approximate surface area is 130 Å². The smallest absolute Gasteiger partial charge is 0.128 e. The lowest BCUT2D eigenvalue weighted by Gasteiger charge is -2.20. The first-order chi connectivity index (χ1) is 10.8. The van der Waals surface area contributed by atoms with Gasteiger partial charge in [0.15, 0.2) is 0 Å². The number of nitrogens with one attached hydrogen (secondary N) is 1. The zero-order valence-electron chi connectivity index (χ0n) is 12.2. The molecule has 1 unspecified atom stereocenters. The summed E-state index contributed by atoms with van der Waals surface area (Å²) in [6.45, 7) is 0.689. The highest BCUT2D eigenvalue weighted by Crippen LogP contribution is 2.24. The topological polar surface area (TPSA) is 12.0 Å². The molecule has 1 nitrogen and oxygen atoms in total. The van der Waals surface area contributed by atoms with Crippen LogP contribution in [0.15, 0.2) is 84.9 Å². The van der Waals surface area contributed by atoms with Gasteiger partial charge in [-0.2, -0.15) is 0 Å². The van der Waals surface area contributed by atoms with Crippen molar-refractivity contribution in [3.63, 3.8) is 0 Å². The first-order valence-corrected chi connectivity index (χ1v) is 7.41. The average Bonchev–Trinajstić information content (AvgIpc) is 2.58. The highest BCUT2D eigenvalue weighted by molar-refractivity contribution is 5.33. The van der Waals surface area contributed by atoms with Crippen LogP contribution in [0.2, 0.25) is 0 Å². The van der Waals surface area contributed by atoms with E-state index in [9.17, 15) is 4.39 Å². The van der Waals surface area contributed by atoms with Gasteiger partial charge in [0.05, 0.1) is 6.04 Å². The second kappa shape index (κ2) is 7.01. The Hall–Kier alpha value is -2.45. The lowest BCUT2D eigenvalue weighted by molar-refractivity contribution is 0.548. The second-order valence-corrected chi connectivity index (χ2v) is 5.23. The molecule has 3 aromatic rings. The standard InChI is InChI=1S/C20H18FN/c21-19-14-8-7-13-18(19)20(17-11-5-2-6-12-17)22-15-16-9-3-1-4-10-16/h1-14,20,22H,15H2. The van der Waals surface area contributed by atoms with E-state index in [1.54, 1.807) is 6.07 Å². The van der Waals surface area contributed by atoms with Crippen LogP contribution in [0.3, 0.4) is 0 Å². The molecule has 0 spiro atoms. The summed E-state index contributed by atoms with van der Waals surface area (Å²) in [6, 6.07) is 26.9. The van der Waals surface area contributed by atoms with Crippen molar-refractivity contribution in [3.05, 3.63) is 107 Å². The Morgan fingerprint density at radius 2 is 1.32 bits per heavy atom. The van der Waals surface area contributed by atoms with E-state index < -0.39 is 0 Å². The van der Waals surface area contributed by atoms with Gasteiger partial charge in [0.1, 0.15) is 5.82 Å². The molecule has 0 aliphatic rings. The monoisotopic (exact) mass is 291 g/mol. The number of hydrogen-bond acceptors (Lipinski definition) is 1. The van der Waals surface area contributed by atoms with Crippen LogP contribution in [0.1, 0.15) is 22.7 Å². The quantitative estimate of drug-likeness (QED) is 0.718. The van der Waals surface area contributed by atoms with Crippen molar-refractivity contribution >= 4 is 0 Å². The summed E-state index contributed by atoms with van der Waals surface area (Å²) < 4.78 is 14.2. The van der Waals surface area contributed by atoms with Crippen molar-refractivity contribution in [2.24, 2.45) is 0 Å². The fourth-order valence-corrected chi connectivity index (χ4v) is 2.58. The Balaban J connectivity index is 1.89. The van der Waals surface area contributed by atoms with Crippen molar-refractivity contribution in [3.8, 4) is 0 Å². The van der Waals surface area contributed by atoms with Gasteiger partial charge in [-0.3, -0.25) is 0 Å². The Morgan fingerprint density at radius 1 is 0.727 bits per heavy atom. The molecule has 0 fully saturated rings. The summed E-state index contributed by atoms with van der Waals surface area (Å²) >= 11 is 0. The molecular weight excluding hydrogens is 273 g/mol. The SMILES string of the molecule is Fc1ccccc1C(NCc1ccccc1)c1ccccc1. The summed E-state index contributed by atoms with van der Waals surface area (Å²) in [5, 5.41) is 3.47. The van der Waals surface area contributed by atoms with Crippen molar-refractivity contribution in [2.75, 3.05) is 0 Å². The van der Waals surface area contributed by atoms with Crippen LogP contribution in [-0.2, 0) is 6.54 Å². The van der Waals surface area contributed by atoms with Crippen LogP contribution in [0, 0.1) is 5.82 Å². The molecule has 1 atom stereocenters. The van der Waals surface area contributed by atoms with Crippen LogP contribution in [0.5, 0.6) is 0 Å². The molecular formula is C20H18FN. The molecule has 0 saturated heterocycles. The van der Waals surface area contributed by atoms with E-state index in [0.717, 1.165) is 5.56 Å². The van der Waals surface area contributed by atoms with Gasteiger partial charge in [-0.25, -0.2) is 4.39 Å². The fraction of sp³-hybridized carbons (Fsp3) is 0.100. The highest BCUT2D eigenvalue weighted by atomic mass is 19.1. The van der Waals surface area contributed by atoms with Crippen molar-refractivity contribution in [2.45, 2.75) is 12.6 Å². The summed E-state index contributed by atoms with van der Waals surface area (Å²) in [5.74, 6) is -0.183. The predicted molar refractivity (Wildman–Crippen MR) is 88.0 cm³/mol. The van der Waals surface area contributed by atoms with E-state index in [0.29, 0.717) is 12.1 Å². The molecule has 0 saturated carbocycles. The zero-order valence-corrected chi connectivity index (χ0v) is 12.2. The second-order valence-electron chi connectivity index (χ2n) is 5.23. The van der Waals surface area contributed by atoms with Gasteiger partial charge in [-0.1, -0.05) is 78.9 Å². The number of benzene rings is 3.